The summed E-state index contributed by atoms with van der Waals surface area (Å²) in [5, 5.41) is 25.3. The fourth-order valence-corrected chi connectivity index (χ4v) is 3.38. The third-order valence-corrected chi connectivity index (χ3v) is 5.50. The molecular formula is C20H36N8O8S. The Balaban J connectivity index is 5.47. The number of nitrogens with zero attached hydrogens (tertiary/aromatic N) is 1. The van der Waals surface area contributed by atoms with Crippen molar-refractivity contribution in [3.8, 4) is 0 Å². The van der Waals surface area contributed by atoms with Gasteiger partial charge in [0.15, 0.2) is 5.96 Å². The third-order valence-electron chi connectivity index (χ3n) is 4.85. The van der Waals surface area contributed by atoms with Gasteiger partial charge in [0.1, 0.15) is 18.1 Å². The molecule has 4 amide bonds. The zero-order valence-corrected chi connectivity index (χ0v) is 21.3. The number of carbonyl (C=O) groups is 6. The van der Waals surface area contributed by atoms with Crippen LogP contribution in [-0.4, -0.2) is 94.5 Å². The molecule has 0 fully saturated rings. The summed E-state index contributed by atoms with van der Waals surface area (Å²) in [5.74, 6) is -6.02. The van der Waals surface area contributed by atoms with Crippen LogP contribution in [0.1, 0.15) is 38.5 Å². The van der Waals surface area contributed by atoms with Gasteiger partial charge < -0.3 is 49.1 Å². The first-order valence-corrected chi connectivity index (χ1v) is 12.6. The molecule has 0 aliphatic heterocycles. The zero-order chi connectivity index (χ0) is 28.5. The van der Waals surface area contributed by atoms with Gasteiger partial charge in [-0.05, 0) is 37.7 Å². The van der Waals surface area contributed by atoms with Crippen molar-refractivity contribution in [2.45, 2.75) is 62.7 Å². The lowest BCUT2D eigenvalue weighted by atomic mass is 10.1. The number of aliphatic carboxylic acids is 2. The topological polar surface area (TPSA) is 295 Å². The van der Waals surface area contributed by atoms with Crippen molar-refractivity contribution in [3.63, 3.8) is 0 Å². The number of primary amides is 1. The maximum Gasteiger partial charge on any atom is 0.326 e. The second-order valence-corrected chi connectivity index (χ2v) is 8.95. The maximum atomic E-state index is 12.8. The maximum absolute atomic E-state index is 12.8. The lowest BCUT2D eigenvalue weighted by molar-refractivity contribution is -0.143. The minimum Gasteiger partial charge on any atom is -0.481 e. The number of guanidine groups is 1. The van der Waals surface area contributed by atoms with Gasteiger partial charge in [-0.2, -0.15) is 11.8 Å². The van der Waals surface area contributed by atoms with Gasteiger partial charge in [0.05, 0.1) is 12.5 Å². The number of amides is 4. The van der Waals surface area contributed by atoms with Gasteiger partial charge in [-0.15, -0.1) is 0 Å². The van der Waals surface area contributed by atoms with Crippen molar-refractivity contribution in [1.29, 1.82) is 0 Å². The predicted octanol–water partition coefficient (Wildman–Crippen LogP) is -3.60. The number of carboxylic acid groups (broad SMARTS) is 2. The van der Waals surface area contributed by atoms with Crippen LogP contribution in [0.3, 0.4) is 0 Å². The number of rotatable bonds is 19. The van der Waals surface area contributed by atoms with E-state index in [1.165, 1.54) is 11.8 Å². The molecule has 0 bridgehead atoms. The number of hydrogen-bond donors (Lipinski definition) is 9. The zero-order valence-electron chi connectivity index (χ0n) is 20.5. The van der Waals surface area contributed by atoms with E-state index in [2.05, 4.69) is 20.9 Å². The Bertz CT molecular complexity index is 852. The fourth-order valence-electron chi connectivity index (χ4n) is 2.91. The molecule has 0 saturated carbocycles. The highest BCUT2D eigenvalue weighted by Gasteiger charge is 2.31. The number of hydrogen-bond acceptors (Lipinski definition) is 9. The van der Waals surface area contributed by atoms with Crippen LogP contribution >= 0.6 is 11.8 Å². The largest absolute Gasteiger partial charge is 0.481 e. The quantitative estimate of drug-likeness (QED) is 0.0429. The van der Waals surface area contributed by atoms with Crippen molar-refractivity contribution in [3.05, 3.63) is 0 Å². The third kappa shape index (κ3) is 15.2. The number of thioether (sulfide) groups is 1. The predicted molar refractivity (Wildman–Crippen MR) is 135 cm³/mol. The molecule has 0 aromatic carbocycles. The minimum absolute atomic E-state index is 0.0947. The van der Waals surface area contributed by atoms with E-state index in [0.717, 1.165) is 0 Å². The molecule has 4 atom stereocenters. The Morgan fingerprint density at radius 1 is 0.838 bits per heavy atom. The highest BCUT2D eigenvalue weighted by atomic mass is 32.2. The summed E-state index contributed by atoms with van der Waals surface area (Å²) >= 11 is 1.36. The van der Waals surface area contributed by atoms with Crippen molar-refractivity contribution >= 4 is 53.3 Å². The molecule has 0 radical (unpaired) electrons. The van der Waals surface area contributed by atoms with E-state index >= 15 is 0 Å². The molecule has 13 N–H and O–H groups in total. The molecule has 0 spiro atoms. The molecular weight excluding hydrogens is 512 g/mol. The summed E-state index contributed by atoms with van der Waals surface area (Å²) in [5.41, 5.74) is 21.3. The first kappa shape index (κ1) is 33.4. The number of carbonyl (C=O) groups excluding carboxylic acids is 4. The average Bonchev–Trinajstić information content (AvgIpc) is 2.80. The Kier molecular flexibility index (Phi) is 16.0. The number of nitrogens with one attached hydrogen (secondary N) is 3. The monoisotopic (exact) mass is 548 g/mol. The molecule has 4 unspecified atom stereocenters. The lowest BCUT2D eigenvalue weighted by Crippen LogP contribution is -2.57. The van der Waals surface area contributed by atoms with Gasteiger partial charge >= 0.3 is 11.9 Å². The molecule has 37 heavy (non-hydrogen) atoms. The molecule has 0 heterocycles. The van der Waals surface area contributed by atoms with Gasteiger partial charge in [0.2, 0.25) is 23.6 Å². The molecule has 0 aliphatic carbocycles. The van der Waals surface area contributed by atoms with Crippen LogP contribution in [-0.2, 0) is 28.8 Å². The number of carboxylic acids is 2. The van der Waals surface area contributed by atoms with Crippen molar-refractivity contribution in [2.24, 2.45) is 27.9 Å². The summed E-state index contributed by atoms with van der Waals surface area (Å²) in [4.78, 5) is 75.7. The second-order valence-electron chi connectivity index (χ2n) is 7.96. The van der Waals surface area contributed by atoms with Gasteiger partial charge in [0.25, 0.3) is 0 Å². The van der Waals surface area contributed by atoms with Crippen LogP contribution in [0.15, 0.2) is 4.99 Å². The Morgan fingerprint density at radius 3 is 1.92 bits per heavy atom. The summed E-state index contributed by atoms with van der Waals surface area (Å²) in [7, 11) is 0. The van der Waals surface area contributed by atoms with Crippen LogP contribution in [0.5, 0.6) is 0 Å². The standard InChI is InChI=1S/C20H36N8O8S/c1-37-8-6-12(19(35)36)27-17(33)11(4-5-14(22)29)26-18(34)13(9-15(30)31)28-16(32)10(21)3-2-7-25-20(23)24/h10-13H,2-9,21H2,1H3,(H2,22,29)(H,26,34)(H,27,33)(H,28,32)(H,30,31)(H,35,36)(H4,23,24,25). The number of aliphatic imine (C=N–C) groups is 1. The highest BCUT2D eigenvalue weighted by Crippen LogP contribution is 2.06. The molecule has 0 rings (SSSR count). The van der Waals surface area contributed by atoms with E-state index in [4.69, 9.17) is 22.9 Å². The molecule has 0 aromatic rings. The van der Waals surface area contributed by atoms with Crippen LogP contribution in [0, 0.1) is 0 Å². The van der Waals surface area contributed by atoms with Crippen molar-refractivity contribution < 1.29 is 39.0 Å². The van der Waals surface area contributed by atoms with Gasteiger partial charge in [-0.1, -0.05) is 0 Å². The number of nitrogens with two attached hydrogens (primary N) is 4. The first-order valence-electron chi connectivity index (χ1n) is 11.2. The average molecular weight is 549 g/mol. The summed E-state index contributed by atoms with van der Waals surface area (Å²) in [6.07, 6.45) is 0.839. The van der Waals surface area contributed by atoms with Crippen LogP contribution in [0.4, 0.5) is 0 Å². The fraction of sp³-hybridized carbons (Fsp3) is 0.650. The van der Waals surface area contributed by atoms with Crippen LogP contribution < -0.4 is 38.9 Å². The van der Waals surface area contributed by atoms with E-state index < -0.39 is 66.2 Å². The molecule has 16 nitrogen and oxygen atoms in total. The minimum atomic E-state index is -1.62. The Morgan fingerprint density at radius 2 is 1.41 bits per heavy atom. The normalized spacial score (nSPS) is 13.8. The van der Waals surface area contributed by atoms with Crippen molar-refractivity contribution in [2.75, 3.05) is 18.6 Å². The Labute approximate surface area is 217 Å². The SMILES string of the molecule is CSCCC(NC(=O)C(CCC(N)=O)NC(=O)C(CC(=O)O)NC(=O)C(N)CCCN=C(N)N)C(=O)O. The van der Waals surface area contributed by atoms with E-state index in [-0.39, 0.29) is 38.2 Å². The molecule has 210 valence electrons. The van der Waals surface area contributed by atoms with E-state index in [1.807, 2.05) is 0 Å². The van der Waals surface area contributed by atoms with E-state index in [0.29, 0.717) is 12.2 Å². The smallest absolute Gasteiger partial charge is 0.326 e. The first-order chi connectivity index (χ1) is 17.3. The molecule has 0 aromatic heterocycles. The second kappa shape index (κ2) is 17.8. The summed E-state index contributed by atoms with van der Waals surface area (Å²) in [6, 6.07) is -5.43. The van der Waals surface area contributed by atoms with Gasteiger partial charge in [-0.25, -0.2) is 4.79 Å². The molecule has 0 saturated heterocycles. The molecule has 17 heteroatoms. The summed E-state index contributed by atoms with van der Waals surface area (Å²) < 4.78 is 0. The van der Waals surface area contributed by atoms with Gasteiger partial charge in [0, 0.05) is 13.0 Å². The van der Waals surface area contributed by atoms with E-state index in [1.54, 1.807) is 6.26 Å². The lowest BCUT2D eigenvalue weighted by Gasteiger charge is -2.24. The van der Waals surface area contributed by atoms with Crippen LogP contribution in [0.25, 0.3) is 0 Å². The Hall–Kier alpha value is -3.60. The van der Waals surface area contributed by atoms with Crippen molar-refractivity contribution in [1.82, 2.24) is 16.0 Å². The molecule has 0 aliphatic rings. The van der Waals surface area contributed by atoms with Crippen LogP contribution in [0.2, 0.25) is 0 Å². The van der Waals surface area contributed by atoms with Gasteiger partial charge in [-0.3, -0.25) is 29.0 Å². The highest BCUT2D eigenvalue weighted by molar-refractivity contribution is 7.98. The summed E-state index contributed by atoms with van der Waals surface area (Å²) in [6.45, 7) is 0.202. The van der Waals surface area contributed by atoms with E-state index in [9.17, 15) is 39.0 Å².